The van der Waals surface area contributed by atoms with Gasteiger partial charge in [0.25, 0.3) is 0 Å². The number of ether oxygens (including phenoxy) is 1. The molecule has 0 aromatic carbocycles. The molecular formula is C12H19N3O2. The van der Waals surface area contributed by atoms with Crippen molar-refractivity contribution in [3.8, 4) is 0 Å². The lowest BCUT2D eigenvalue weighted by atomic mass is 9.81. The predicted molar refractivity (Wildman–Crippen MR) is 63.2 cm³/mol. The normalized spacial score (nSPS) is 20.1. The summed E-state index contributed by atoms with van der Waals surface area (Å²) in [5.74, 6) is 0. The number of primary amides is 1. The van der Waals surface area contributed by atoms with Crippen molar-refractivity contribution in [2.75, 3.05) is 0 Å². The lowest BCUT2D eigenvalue weighted by molar-refractivity contribution is 0.0168. The van der Waals surface area contributed by atoms with Crippen LogP contribution < -0.4 is 5.73 Å². The van der Waals surface area contributed by atoms with Gasteiger partial charge < -0.3 is 10.5 Å². The monoisotopic (exact) mass is 237 g/mol. The highest BCUT2D eigenvalue weighted by atomic mass is 16.6. The molecule has 17 heavy (non-hydrogen) atoms. The van der Waals surface area contributed by atoms with E-state index in [1.165, 1.54) is 12.8 Å². The summed E-state index contributed by atoms with van der Waals surface area (Å²) in [5.41, 5.74) is 5.92. The molecule has 2 rings (SSSR count). The van der Waals surface area contributed by atoms with Gasteiger partial charge in [-0.15, -0.1) is 0 Å². The van der Waals surface area contributed by atoms with E-state index < -0.39 is 6.09 Å². The molecule has 0 saturated heterocycles. The van der Waals surface area contributed by atoms with E-state index >= 15 is 0 Å². The first-order valence-corrected chi connectivity index (χ1v) is 5.97. The summed E-state index contributed by atoms with van der Waals surface area (Å²) in [6.45, 7) is 2.14. The number of amides is 1. The fourth-order valence-electron chi connectivity index (χ4n) is 2.69. The summed E-state index contributed by atoms with van der Waals surface area (Å²) >= 11 is 0. The Morgan fingerprint density at radius 3 is 2.71 bits per heavy atom. The van der Waals surface area contributed by atoms with E-state index in [2.05, 4.69) is 12.0 Å². The van der Waals surface area contributed by atoms with Gasteiger partial charge in [0.15, 0.2) is 6.10 Å². The second-order valence-electron chi connectivity index (χ2n) is 5.09. The number of hydrogen-bond donors (Lipinski definition) is 1. The third-order valence-corrected chi connectivity index (χ3v) is 3.62. The van der Waals surface area contributed by atoms with Crippen LogP contribution in [0.3, 0.4) is 0 Å². The Balaban J connectivity index is 2.27. The minimum absolute atomic E-state index is 0.0383. The fourth-order valence-corrected chi connectivity index (χ4v) is 2.69. The molecule has 0 radical (unpaired) electrons. The Morgan fingerprint density at radius 2 is 2.24 bits per heavy atom. The van der Waals surface area contributed by atoms with Crippen molar-refractivity contribution in [3.05, 3.63) is 18.0 Å². The minimum atomic E-state index is -0.728. The highest BCUT2D eigenvalue weighted by molar-refractivity contribution is 5.65. The molecule has 1 aromatic heterocycles. The minimum Gasteiger partial charge on any atom is -0.439 e. The Hall–Kier alpha value is -1.52. The van der Waals surface area contributed by atoms with Crippen LogP contribution >= 0.6 is 0 Å². The number of carbonyl (C=O) groups is 1. The van der Waals surface area contributed by atoms with Gasteiger partial charge in [0, 0.05) is 18.7 Å². The van der Waals surface area contributed by atoms with E-state index in [-0.39, 0.29) is 11.5 Å². The van der Waals surface area contributed by atoms with Crippen molar-refractivity contribution in [2.45, 2.75) is 38.7 Å². The summed E-state index contributed by atoms with van der Waals surface area (Å²) in [4.78, 5) is 11.1. The van der Waals surface area contributed by atoms with Crippen LogP contribution in [0.5, 0.6) is 0 Å². The Bertz CT molecular complexity index is 408. The zero-order valence-electron chi connectivity index (χ0n) is 10.3. The second kappa shape index (κ2) is 4.39. The highest BCUT2D eigenvalue weighted by Crippen LogP contribution is 2.48. The molecule has 1 saturated carbocycles. The molecule has 1 unspecified atom stereocenters. The smallest absolute Gasteiger partial charge is 0.405 e. The van der Waals surface area contributed by atoms with Crippen molar-refractivity contribution in [3.63, 3.8) is 0 Å². The average molecular weight is 237 g/mol. The molecule has 5 nitrogen and oxygen atoms in total. The molecule has 1 aromatic rings. The van der Waals surface area contributed by atoms with Crippen LogP contribution in [0.25, 0.3) is 0 Å². The number of nitrogens with zero attached hydrogens (tertiary/aromatic N) is 2. The van der Waals surface area contributed by atoms with E-state index in [0.29, 0.717) is 0 Å². The average Bonchev–Trinajstić information content (AvgIpc) is 2.84. The first-order valence-electron chi connectivity index (χ1n) is 5.97. The molecule has 94 valence electrons. The van der Waals surface area contributed by atoms with E-state index in [4.69, 9.17) is 10.5 Å². The number of nitrogens with two attached hydrogens (primary N) is 1. The molecule has 1 aliphatic rings. The Labute approximate surface area is 101 Å². The third-order valence-electron chi connectivity index (χ3n) is 3.62. The first-order chi connectivity index (χ1) is 8.01. The van der Waals surface area contributed by atoms with Gasteiger partial charge in [-0.2, -0.15) is 5.10 Å². The molecule has 0 spiro atoms. The van der Waals surface area contributed by atoms with E-state index in [0.717, 1.165) is 18.5 Å². The number of aromatic nitrogens is 2. The summed E-state index contributed by atoms with van der Waals surface area (Å²) in [7, 11) is 1.85. The lowest BCUT2D eigenvalue weighted by Crippen LogP contribution is -2.29. The third kappa shape index (κ3) is 2.43. The predicted octanol–water partition coefficient (Wildman–Crippen LogP) is 2.14. The molecule has 1 heterocycles. The molecule has 2 N–H and O–H groups in total. The summed E-state index contributed by atoms with van der Waals surface area (Å²) < 4.78 is 7.01. The Kier molecular flexibility index (Phi) is 3.09. The van der Waals surface area contributed by atoms with Gasteiger partial charge in [-0.05, 0) is 18.9 Å². The van der Waals surface area contributed by atoms with Crippen LogP contribution in [0.4, 0.5) is 4.79 Å². The van der Waals surface area contributed by atoms with Gasteiger partial charge in [0.05, 0.1) is 0 Å². The van der Waals surface area contributed by atoms with Crippen LogP contribution in [0, 0.1) is 5.41 Å². The number of carbonyl (C=O) groups excluding carboxylic acids is 1. The first kappa shape index (κ1) is 12.0. The van der Waals surface area contributed by atoms with E-state index in [9.17, 15) is 4.79 Å². The van der Waals surface area contributed by atoms with E-state index in [1.54, 1.807) is 4.68 Å². The van der Waals surface area contributed by atoms with Gasteiger partial charge in [0.2, 0.25) is 0 Å². The van der Waals surface area contributed by atoms with Gasteiger partial charge in [-0.3, -0.25) is 4.68 Å². The topological polar surface area (TPSA) is 70.1 Å². The SMILES string of the molecule is Cn1ccc(C(OC(N)=O)C2(C)CCCC2)n1. The lowest BCUT2D eigenvalue weighted by Gasteiger charge is -2.31. The summed E-state index contributed by atoms with van der Waals surface area (Å²) in [5, 5.41) is 4.34. The van der Waals surface area contributed by atoms with Crippen molar-refractivity contribution >= 4 is 6.09 Å². The maximum absolute atomic E-state index is 11.1. The van der Waals surface area contributed by atoms with E-state index in [1.807, 2.05) is 19.3 Å². The molecule has 0 aliphatic heterocycles. The molecule has 5 heteroatoms. The van der Waals surface area contributed by atoms with Crippen molar-refractivity contribution in [2.24, 2.45) is 18.2 Å². The number of aryl methyl sites for hydroxylation is 1. The van der Waals surface area contributed by atoms with Crippen LogP contribution in [-0.4, -0.2) is 15.9 Å². The van der Waals surface area contributed by atoms with Crippen LogP contribution in [0.15, 0.2) is 12.3 Å². The van der Waals surface area contributed by atoms with Gasteiger partial charge in [-0.25, -0.2) is 4.79 Å². The van der Waals surface area contributed by atoms with Crippen LogP contribution in [0.1, 0.15) is 44.4 Å². The van der Waals surface area contributed by atoms with Crippen molar-refractivity contribution in [1.29, 1.82) is 0 Å². The maximum atomic E-state index is 11.1. The van der Waals surface area contributed by atoms with Crippen LogP contribution in [-0.2, 0) is 11.8 Å². The van der Waals surface area contributed by atoms with Gasteiger partial charge in [-0.1, -0.05) is 19.8 Å². The highest BCUT2D eigenvalue weighted by Gasteiger charge is 2.41. The second-order valence-corrected chi connectivity index (χ2v) is 5.09. The molecule has 1 aliphatic carbocycles. The van der Waals surface area contributed by atoms with Crippen molar-refractivity contribution < 1.29 is 9.53 Å². The van der Waals surface area contributed by atoms with Gasteiger partial charge >= 0.3 is 6.09 Å². The largest absolute Gasteiger partial charge is 0.439 e. The zero-order chi connectivity index (χ0) is 12.5. The molecule has 0 bridgehead atoms. The molecule has 1 atom stereocenters. The number of rotatable bonds is 3. The van der Waals surface area contributed by atoms with Gasteiger partial charge in [0.1, 0.15) is 5.69 Å². The summed E-state index contributed by atoms with van der Waals surface area (Å²) in [6.07, 6.45) is 5.22. The standard InChI is InChI=1S/C12H19N3O2/c1-12(6-3-4-7-12)10(17-11(13)16)9-5-8-15(2)14-9/h5,8,10H,3-4,6-7H2,1-2H3,(H2,13,16). The number of hydrogen-bond acceptors (Lipinski definition) is 3. The molecule has 1 fully saturated rings. The Morgan fingerprint density at radius 1 is 1.59 bits per heavy atom. The van der Waals surface area contributed by atoms with Crippen LogP contribution in [0.2, 0.25) is 0 Å². The molecule has 1 amide bonds. The maximum Gasteiger partial charge on any atom is 0.405 e. The zero-order valence-corrected chi connectivity index (χ0v) is 10.3. The van der Waals surface area contributed by atoms with Crippen molar-refractivity contribution in [1.82, 2.24) is 9.78 Å². The molecular weight excluding hydrogens is 218 g/mol. The quantitative estimate of drug-likeness (QED) is 0.875. The summed E-state index contributed by atoms with van der Waals surface area (Å²) in [6, 6.07) is 1.89. The fraction of sp³-hybridized carbons (Fsp3) is 0.667.